The number of anilines is 5. The van der Waals surface area contributed by atoms with Gasteiger partial charge < -0.3 is 20.4 Å². The maximum atomic E-state index is 14.9. The number of aryl methyl sites for hydroxylation is 1. The van der Waals surface area contributed by atoms with E-state index in [-0.39, 0.29) is 53.2 Å². The highest BCUT2D eigenvalue weighted by atomic mass is 19.1. The van der Waals surface area contributed by atoms with Gasteiger partial charge in [0.05, 0.1) is 35.4 Å². The molecule has 3 aliphatic heterocycles. The largest absolute Gasteiger partial charge is 0.382 e. The minimum absolute atomic E-state index is 0.110. The molecule has 4 aromatic rings. The topological polar surface area (TPSA) is 161 Å². The maximum Gasteiger partial charge on any atom is 0.235 e. The summed E-state index contributed by atoms with van der Waals surface area (Å²) in [4.78, 5) is 48.7. The van der Waals surface area contributed by atoms with Crippen molar-refractivity contribution in [2.45, 2.75) is 44.6 Å². The molecule has 0 aliphatic carbocycles. The highest BCUT2D eigenvalue weighted by Gasteiger charge is 2.33. The summed E-state index contributed by atoms with van der Waals surface area (Å²) in [5.41, 5.74) is 3.99. The Labute approximate surface area is 269 Å². The molecule has 2 aromatic heterocycles. The fraction of sp³-hybridized carbons (Fsp3) is 0.364. The number of amides is 3. The van der Waals surface area contributed by atoms with E-state index in [0.717, 1.165) is 23.0 Å². The number of hydrogen-bond acceptors (Lipinski definition) is 10. The van der Waals surface area contributed by atoms with Crippen LogP contribution >= 0.6 is 0 Å². The number of aromatic nitrogens is 4. The predicted molar refractivity (Wildman–Crippen MR) is 173 cm³/mol. The first kappa shape index (κ1) is 30.1. The van der Waals surface area contributed by atoms with E-state index in [1.54, 1.807) is 17.8 Å². The van der Waals surface area contributed by atoms with Gasteiger partial charge in [0.1, 0.15) is 17.4 Å². The molecular weight excluding hydrogens is 603 g/mol. The van der Waals surface area contributed by atoms with E-state index in [0.29, 0.717) is 48.8 Å². The molecule has 47 heavy (non-hydrogen) atoms. The normalized spacial score (nSPS) is 21.1. The number of benzene rings is 2. The molecule has 7 rings (SSSR count). The van der Waals surface area contributed by atoms with Crippen LogP contribution in [0.5, 0.6) is 0 Å². The van der Waals surface area contributed by atoms with Crippen LogP contribution in [0.4, 0.5) is 33.2 Å². The molecule has 3 N–H and O–H groups in total. The van der Waals surface area contributed by atoms with Crippen molar-refractivity contribution in [3.8, 4) is 6.07 Å². The van der Waals surface area contributed by atoms with Gasteiger partial charge in [0, 0.05) is 56.4 Å². The third kappa shape index (κ3) is 5.47. The molecule has 14 heteroatoms. The van der Waals surface area contributed by atoms with Gasteiger partial charge in [-0.3, -0.25) is 24.4 Å². The number of carbonyl (C=O) groups excluding carboxylic acids is 3. The first-order chi connectivity index (χ1) is 22.6. The first-order valence-corrected chi connectivity index (χ1v) is 15.5. The highest BCUT2D eigenvalue weighted by Crippen LogP contribution is 2.35. The summed E-state index contributed by atoms with van der Waals surface area (Å²) in [7, 11) is 3.40. The lowest BCUT2D eigenvalue weighted by molar-refractivity contribution is -0.134. The van der Waals surface area contributed by atoms with E-state index in [9.17, 15) is 24.0 Å². The molecule has 0 spiro atoms. The summed E-state index contributed by atoms with van der Waals surface area (Å²) in [6, 6.07) is 11.3. The van der Waals surface area contributed by atoms with Gasteiger partial charge in [-0.2, -0.15) is 15.3 Å². The maximum absolute atomic E-state index is 14.9. The quantitative estimate of drug-likeness (QED) is 0.267. The van der Waals surface area contributed by atoms with Gasteiger partial charge in [-0.1, -0.05) is 6.92 Å². The fourth-order valence-electron chi connectivity index (χ4n) is 6.83. The zero-order valence-corrected chi connectivity index (χ0v) is 26.2. The molecular formula is C33H33FN10O3. The van der Waals surface area contributed by atoms with E-state index in [1.165, 1.54) is 17.2 Å². The lowest BCUT2D eigenvalue weighted by Gasteiger charge is -2.37. The van der Waals surface area contributed by atoms with Crippen molar-refractivity contribution in [3.63, 3.8) is 0 Å². The Kier molecular flexibility index (Phi) is 7.46. The Balaban J connectivity index is 1.05. The smallest absolute Gasteiger partial charge is 0.235 e. The molecule has 2 fully saturated rings. The number of nitrogens with one attached hydrogen (secondary N) is 3. The van der Waals surface area contributed by atoms with Crippen LogP contribution in [0.1, 0.15) is 48.9 Å². The van der Waals surface area contributed by atoms with Crippen LogP contribution in [0.3, 0.4) is 0 Å². The standard InChI is InChI=1S/C33H33FN10O3/c1-17-16-44(33-36-15-19(14-35)31(40-33)38-21-10-18-11-28(46)42(2)30(18)24(34)12-21)9-8-25(17)37-20-4-5-22-26(13-20)43(3)41-29(22)23-6-7-27(45)39-32(23)47/h4-5,10,12-13,15,17,23,25,37H,6-9,11,16H2,1-3H3,(H,36,38,40)(H,39,45,47)/t17-,23?,25-/m1/s1. The second kappa shape index (κ2) is 11.7. The van der Waals surface area contributed by atoms with Crippen molar-refractivity contribution in [3.05, 3.63) is 59.2 Å². The SMILES string of the molecule is C[C@@H]1CN(c2ncc(C#N)c(Nc3cc(F)c4c(c3)CC(=O)N4C)n2)CC[C@H]1Nc1ccc2c(C3CCC(=O)NC3=O)nn(C)c2c1. The molecule has 0 bridgehead atoms. The van der Waals surface area contributed by atoms with Crippen LogP contribution in [-0.4, -0.2) is 63.6 Å². The van der Waals surface area contributed by atoms with Crippen molar-refractivity contribution < 1.29 is 18.8 Å². The van der Waals surface area contributed by atoms with E-state index in [4.69, 9.17) is 0 Å². The molecule has 240 valence electrons. The Hall–Kier alpha value is -5.58. The molecule has 13 nitrogen and oxygen atoms in total. The Morgan fingerprint density at radius 2 is 1.94 bits per heavy atom. The summed E-state index contributed by atoms with van der Waals surface area (Å²) in [6.45, 7) is 3.49. The average molecular weight is 637 g/mol. The van der Waals surface area contributed by atoms with Gasteiger partial charge in [0.25, 0.3) is 0 Å². The van der Waals surface area contributed by atoms with Crippen LogP contribution in [0.15, 0.2) is 36.5 Å². The van der Waals surface area contributed by atoms with Crippen molar-refractivity contribution in [2.75, 3.05) is 40.6 Å². The molecule has 0 saturated carbocycles. The molecule has 2 saturated heterocycles. The molecule has 0 radical (unpaired) electrons. The zero-order valence-electron chi connectivity index (χ0n) is 26.2. The van der Waals surface area contributed by atoms with Crippen molar-refractivity contribution >= 4 is 57.5 Å². The van der Waals surface area contributed by atoms with Gasteiger partial charge in [-0.05, 0) is 54.7 Å². The number of hydrogen-bond donors (Lipinski definition) is 3. The van der Waals surface area contributed by atoms with Crippen LogP contribution in [0.25, 0.3) is 10.9 Å². The predicted octanol–water partition coefficient (Wildman–Crippen LogP) is 3.48. The van der Waals surface area contributed by atoms with Crippen LogP contribution in [-0.2, 0) is 27.9 Å². The zero-order chi connectivity index (χ0) is 33.0. The number of nitriles is 1. The van der Waals surface area contributed by atoms with E-state index in [1.807, 2.05) is 25.2 Å². The van der Waals surface area contributed by atoms with Crippen molar-refractivity contribution in [2.24, 2.45) is 13.0 Å². The molecule has 3 aliphatic rings. The number of rotatable bonds is 6. The summed E-state index contributed by atoms with van der Waals surface area (Å²) >= 11 is 0. The summed E-state index contributed by atoms with van der Waals surface area (Å²) in [5, 5.41) is 24.4. The number of likely N-dealkylation sites (N-methyl/N-ethyl adjacent to an activating group) is 1. The highest BCUT2D eigenvalue weighted by molar-refractivity contribution is 6.03. The molecule has 1 unspecified atom stereocenters. The monoisotopic (exact) mass is 636 g/mol. The number of halogens is 1. The molecule has 2 aromatic carbocycles. The Bertz CT molecular complexity index is 2000. The van der Waals surface area contributed by atoms with Gasteiger partial charge in [0.15, 0.2) is 5.82 Å². The van der Waals surface area contributed by atoms with Gasteiger partial charge in [0.2, 0.25) is 23.7 Å². The van der Waals surface area contributed by atoms with Gasteiger partial charge in [-0.15, -0.1) is 0 Å². The number of piperidine rings is 2. The van der Waals surface area contributed by atoms with E-state index < -0.39 is 11.7 Å². The number of carbonyl (C=O) groups is 3. The summed E-state index contributed by atoms with van der Waals surface area (Å²) in [5.74, 6) is -0.771. The van der Waals surface area contributed by atoms with Crippen molar-refractivity contribution in [1.82, 2.24) is 25.1 Å². The van der Waals surface area contributed by atoms with E-state index >= 15 is 0 Å². The minimum atomic E-state index is -0.521. The fourth-order valence-corrected chi connectivity index (χ4v) is 6.83. The van der Waals surface area contributed by atoms with Crippen molar-refractivity contribution in [1.29, 1.82) is 5.26 Å². The second-order valence-corrected chi connectivity index (χ2v) is 12.5. The lowest BCUT2D eigenvalue weighted by atomic mass is 9.92. The Morgan fingerprint density at radius 1 is 1.11 bits per heavy atom. The molecule has 3 amide bonds. The average Bonchev–Trinajstić information content (AvgIpc) is 3.52. The lowest BCUT2D eigenvalue weighted by Crippen LogP contribution is -2.46. The molecule has 5 heterocycles. The number of nitrogens with zero attached hydrogens (tertiary/aromatic N) is 7. The minimum Gasteiger partial charge on any atom is -0.382 e. The Morgan fingerprint density at radius 3 is 2.70 bits per heavy atom. The second-order valence-electron chi connectivity index (χ2n) is 12.5. The first-order valence-electron chi connectivity index (χ1n) is 15.5. The third-order valence-corrected chi connectivity index (χ3v) is 9.34. The van der Waals surface area contributed by atoms with E-state index in [2.05, 4.69) is 48.9 Å². The molecule has 3 atom stereocenters. The number of imide groups is 1. The van der Waals surface area contributed by atoms with Crippen LogP contribution < -0.4 is 25.8 Å². The van der Waals surface area contributed by atoms with Crippen LogP contribution in [0.2, 0.25) is 0 Å². The van der Waals surface area contributed by atoms with Crippen LogP contribution in [0, 0.1) is 23.1 Å². The number of fused-ring (bicyclic) bond motifs is 2. The summed E-state index contributed by atoms with van der Waals surface area (Å²) < 4.78 is 16.7. The third-order valence-electron chi connectivity index (χ3n) is 9.34. The van der Waals surface area contributed by atoms with Gasteiger partial charge in [-0.25, -0.2) is 9.37 Å². The van der Waals surface area contributed by atoms with Gasteiger partial charge >= 0.3 is 0 Å². The summed E-state index contributed by atoms with van der Waals surface area (Å²) in [6.07, 6.45) is 3.12.